The molecule has 1 unspecified atom stereocenters. The molecule has 0 aliphatic heterocycles. The van der Waals surface area contributed by atoms with Crippen molar-refractivity contribution in [2.24, 2.45) is 34.5 Å². The molecule has 0 aromatic rings. The molecule has 8 heteroatoms. The van der Waals surface area contributed by atoms with Crippen LogP contribution in [0.4, 0.5) is 4.79 Å². The fourth-order valence-corrected chi connectivity index (χ4v) is 9.63. The van der Waals surface area contributed by atoms with E-state index in [2.05, 4.69) is 13.8 Å². The quantitative estimate of drug-likeness (QED) is 0.214. The van der Waals surface area contributed by atoms with Crippen molar-refractivity contribution < 1.29 is 38.5 Å². The van der Waals surface area contributed by atoms with Gasteiger partial charge in [-0.15, -0.1) is 0 Å². The van der Waals surface area contributed by atoms with E-state index in [-0.39, 0.29) is 43.0 Å². The van der Waals surface area contributed by atoms with Crippen molar-refractivity contribution in [3.8, 4) is 0 Å². The Kier molecular flexibility index (Phi) is 9.55. The van der Waals surface area contributed by atoms with Gasteiger partial charge in [-0.2, -0.15) is 0 Å². The standard InChI is InChI=1S/C35H50O8/c1-4-5-8-19-41-32(40)43-35(29(38)22-42-30(39)14-11-23-9-6-7-10-23)18-16-27-26-13-12-24-20-25(36)15-17-33(24,2)31(26)28(37)21-34(27,35)3/h15,17,20,23,26-28,31,37H,4-14,16,18-19,21-22H2,1-3H3/t26-,27-,28?,31+,33-,34-,35-/m0/s1. The highest BCUT2D eigenvalue weighted by Gasteiger charge is 2.70. The number of allylic oxidation sites excluding steroid dienone is 4. The number of hydrogen-bond acceptors (Lipinski definition) is 8. The molecule has 5 aliphatic carbocycles. The molecule has 0 spiro atoms. The second-order valence-corrected chi connectivity index (χ2v) is 14.3. The monoisotopic (exact) mass is 598 g/mol. The number of fused-ring (bicyclic) bond motifs is 5. The number of esters is 1. The molecule has 4 fully saturated rings. The number of aliphatic hydroxyl groups excluding tert-OH is 1. The number of carbonyl (C=O) groups excluding carboxylic acids is 4. The summed E-state index contributed by atoms with van der Waals surface area (Å²) in [6.45, 7) is 5.87. The molecule has 5 rings (SSSR count). The maximum atomic E-state index is 14.1. The number of ether oxygens (including phenoxy) is 3. The minimum atomic E-state index is -1.56. The maximum absolute atomic E-state index is 14.1. The highest BCUT2D eigenvalue weighted by molar-refractivity contribution is 6.01. The van der Waals surface area contributed by atoms with Gasteiger partial charge >= 0.3 is 12.1 Å². The lowest BCUT2D eigenvalue weighted by molar-refractivity contribution is -0.186. The average Bonchev–Trinajstić information content (AvgIpc) is 3.59. The summed E-state index contributed by atoms with van der Waals surface area (Å²) in [4.78, 5) is 52.1. The zero-order chi connectivity index (χ0) is 30.8. The average molecular weight is 599 g/mol. The first-order valence-electron chi connectivity index (χ1n) is 16.7. The Bertz CT molecular complexity index is 1150. The number of carbonyl (C=O) groups is 4. The van der Waals surface area contributed by atoms with E-state index in [9.17, 15) is 24.3 Å². The summed E-state index contributed by atoms with van der Waals surface area (Å²) in [6, 6.07) is 0. The summed E-state index contributed by atoms with van der Waals surface area (Å²) in [5.74, 6) is -0.364. The van der Waals surface area contributed by atoms with E-state index in [0.717, 1.165) is 50.5 Å². The van der Waals surface area contributed by atoms with Gasteiger partial charge in [0.1, 0.15) is 0 Å². The zero-order valence-electron chi connectivity index (χ0n) is 26.2. The molecular formula is C35H50O8. The van der Waals surface area contributed by atoms with Gasteiger partial charge in [0.25, 0.3) is 0 Å². The van der Waals surface area contributed by atoms with Crippen molar-refractivity contribution in [3.63, 3.8) is 0 Å². The van der Waals surface area contributed by atoms with Crippen molar-refractivity contribution in [2.75, 3.05) is 13.2 Å². The minimum Gasteiger partial charge on any atom is -0.457 e. The topological polar surface area (TPSA) is 116 Å². The molecule has 0 bridgehead atoms. The Hall–Kier alpha value is -2.48. The summed E-state index contributed by atoms with van der Waals surface area (Å²) in [5.41, 5.74) is -1.82. The van der Waals surface area contributed by atoms with Crippen LogP contribution in [0.15, 0.2) is 23.8 Å². The van der Waals surface area contributed by atoms with Gasteiger partial charge in [0, 0.05) is 23.2 Å². The lowest BCUT2D eigenvalue weighted by Gasteiger charge is -2.59. The van der Waals surface area contributed by atoms with Crippen LogP contribution in [0.3, 0.4) is 0 Å². The number of Topliss-reactive ketones (excluding diaryl/α,β-unsaturated/α-hetero) is 1. The van der Waals surface area contributed by atoms with Crippen molar-refractivity contribution in [1.82, 2.24) is 0 Å². The molecule has 0 radical (unpaired) electrons. The Morgan fingerprint density at radius 1 is 1.05 bits per heavy atom. The van der Waals surface area contributed by atoms with Gasteiger partial charge in [-0.1, -0.05) is 70.9 Å². The first-order chi connectivity index (χ1) is 20.5. The SMILES string of the molecule is CCCCCOC(=O)O[C@]1(C(=O)COC(=O)CCC2CCCC2)CC[C@H]2[C@@H]3CCC4=CC(=O)C=C[C@]4(C)[C@H]3C(O)C[C@@]21C. The predicted octanol–water partition coefficient (Wildman–Crippen LogP) is 6.43. The summed E-state index contributed by atoms with van der Waals surface area (Å²) >= 11 is 0. The number of unbranched alkanes of at least 4 members (excludes halogenated alkanes) is 2. The summed E-state index contributed by atoms with van der Waals surface area (Å²) in [7, 11) is 0. The lowest BCUT2D eigenvalue weighted by Crippen LogP contribution is -2.63. The summed E-state index contributed by atoms with van der Waals surface area (Å²) in [5, 5.41) is 11.8. The third kappa shape index (κ3) is 5.97. The number of hydrogen-bond donors (Lipinski definition) is 1. The van der Waals surface area contributed by atoms with E-state index in [1.54, 1.807) is 12.2 Å². The third-order valence-corrected chi connectivity index (χ3v) is 11.9. The van der Waals surface area contributed by atoms with Crippen LogP contribution in [0, 0.1) is 34.5 Å². The molecule has 8 nitrogen and oxygen atoms in total. The van der Waals surface area contributed by atoms with Crippen LogP contribution in [0.5, 0.6) is 0 Å². The molecule has 43 heavy (non-hydrogen) atoms. The van der Waals surface area contributed by atoms with Crippen LogP contribution < -0.4 is 0 Å². The first kappa shape index (κ1) is 31.9. The number of aliphatic hydroxyl groups is 1. The van der Waals surface area contributed by atoms with Crippen LogP contribution in [0.25, 0.3) is 0 Å². The van der Waals surface area contributed by atoms with E-state index in [4.69, 9.17) is 14.2 Å². The van der Waals surface area contributed by atoms with Crippen molar-refractivity contribution in [2.45, 2.75) is 122 Å². The van der Waals surface area contributed by atoms with Crippen molar-refractivity contribution in [3.05, 3.63) is 23.8 Å². The van der Waals surface area contributed by atoms with Crippen LogP contribution in [0.1, 0.15) is 111 Å². The maximum Gasteiger partial charge on any atom is 0.509 e. The minimum absolute atomic E-state index is 0.000197. The van der Waals surface area contributed by atoms with Crippen LogP contribution >= 0.6 is 0 Å². The predicted molar refractivity (Wildman–Crippen MR) is 160 cm³/mol. The Balaban J connectivity index is 1.36. The van der Waals surface area contributed by atoms with E-state index >= 15 is 0 Å². The summed E-state index contributed by atoms with van der Waals surface area (Å²) < 4.78 is 17.0. The van der Waals surface area contributed by atoms with Gasteiger partial charge in [-0.3, -0.25) is 14.4 Å². The molecule has 4 saturated carbocycles. The van der Waals surface area contributed by atoms with E-state index in [0.29, 0.717) is 25.2 Å². The van der Waals surface area contributed by atoms with Gasteiger partial charge in [0.2, 0.25) is 5.78 Å². The molecule has 0 saturated heterocycles. The Morgan fingerprint density at radius 3 is 2.56 bits per heavy atom. The lowest BCUT2D eigenvalue weighted by atomic mass is 9.46. The van der Waals surface area contributed by atoms with Crippen LogP contribution in [-0.4, -0.2) is 53.7 Å². The van der Waals surface area contributed by atoms with Gasteiger partial charge in [-0.05, 0) is 74.9 Å². The van der Waals surface area contributed by atoms with Gasteiger partial charge < -0.3 is 19.3 Å². The first-order valence-corrected chi connectivity index (χ1v) is 16.7. The van der Waals surface area contributed by atoms with Gasteiger partial charge in [0.05, 0.1) is 12.7 Å². The molecule has 5 aliphatic rings. The number of rotatable bonds is 11. The van der Waals surface area contributed by atoms with Crippen molar-refractivity contribution >= 4 is 23.7 Å². The molecule has 0 amide bonds. The highest BCUT2D eigenvalue weighted by Crippen LogP contribution is 2.68. The zero-order valence-corrected chi connectivity index (χ0v) is 26.2. The molecule has 238 valence electrons. The summed E-state index contributed by atoms with van der Waals surface area (Å²) in [6.07, 6.45) is 14.7. The second-order valence-electron chi connectivity index (χ2n) is 14.3. The molecule has 0 heterocycles. The normalized spacial score (nSPS) is 36.7. The van der Waals surface area contributed by atoms with Crippen LogP contribution in [-0.2, 0) is 28.6 Å². The third-order valence-electron chi connectivity index (χ3n) is 11.9. The largest absolute Gasteiger partial charge is 0.509 e. The van der Waals surface area contributed by atoms with E-state index in [1.165, 1.54) is 12.8 Å². The Labute approximate surface area is 256 Å². The fraction of sp³-hybridized carbons (Fsp3) is 0.771. The second kappa shape index (κ2) is 12.9. The van der Waals surface area contributed by atoms with E-state index in [1.807, 2.05) is 13.0 Å². The van der Waals surface area contributed by atoms with Gasteiger partial charge in [0.15, 0.2) is 18.0 Å². The number of ketones is 2. The molecule has 7 atom stereocenters. The molecule has 0 aromatic heterocycles. The van der Waals surface area contributed by atoms with Crippen LogP contribution in [0.2, 0.25) is 0 Å². The van der Waals surface area contributed by atoms with Gasteiger partial charge in [-0.25, -0.2) is 4.79 Å². The molecular weight excluding hydrogens is 548 g/mol. The Morgan fingerprint density at radius 2 is 1.81 bits per heavy atom. The van der Waals surface area contributed by atoms with Crippen molar-refractivity contribution in [1.29, 1.82) is 0 Å². The van der Waals surface area contributed by atoms with E-state index < -0.39 is 47.0 Å². The molecule has 1 N–H and O–H groups in total. The highest BCUT2D eigenvalue weighted by atomic mass is 16.7. The molecule has 0 aromatic carbocycles. The smallest absolute Gasteiger partial charge is 0.457 e. The fourth-order valence-electron chi connectivity index (χ4n) is 9.63.